The Hall–Kier alpha value is -4.74. The summed E-state index contributed by atoms with van der Waals surface area (Å²) in [6, 6.07) is 7.33. The van der Waals surface area contributed by atoms with E-state index in [1.165, 1.54) is 11.0 Å². The van der Waals surface area contributed by atoms with E-state index >= 15 is 0 Å². The molecule has 12 nitrogen and oxygen atoms in total. The van der Waals surface area contributed by atoms with Crippen LogP contribution < -0.4 is 14.8 Å². The van der Waals surface area contributed by atoms with E-state index < -0.39 is 12.8 Å². The molecule has 3 heterocycles. The molecular weight excluding hydrogens is 541 g/mol. The minimum absolute atomic E-state index is 0.0965. The SMILES string of the molecule is C[C@@H](Cn1cnnn1)Oc1cc(-c2cnc(Nc3cn(C4CCCCC4)nc3OCC(F)(F)F)nc2)ccc1C#N. The van der Waals surface area contributed by atoms with Gasteiger partial charge in [-0.1, -0.05) is 25.3 Å². The number of nitrogens with zero attached hydrogens (tertiary/aromatic N) is 9. The first kappa shape index (κ1) is 27.8. The Bertz CT molecular complexity index is 1480. The predicted octanol–water partition coefficient (Wildman–Crippen LogP) is 4.86. The quantitative estimate of drug-likeness (QED) is 0.282. The van der Waals surface area contributed by atoms with Crippen molar-refractivity contribution >= 4 is 11.6 Å². The molecule has 1 saturated carbocycles. The largest absolute Gasteiger partial charge is 0.487 e. The van der Waals surface area contributed by atoms with Gasteiger partial charge in [0, 0.05) is 18.0 Å². The number of hydrogen-bond acceptors (Lipinski definition) is 10. The molecule has 41 heavy (non-hydrogen) atoms. The zero-order valence-electron chi connectivity index (χ0n) is 22.1. The van der Waals surface area contributed by atoms with Crippen molar-refractivity contribution in [2.45, 2.75) is 63.9 Å². The molecule has 214 valence electrons. The number of rotatable bonds is 10. The van der Waals surface area contributed by atoms with E-state index in [0.29, 0.717) is 29.0 Å². The van der Waals surface area contributed by atoms with Gasteiger partial charge >= 0.3 is 6.18 Å². The summed E-state index contributed by atoms with van der Waals surface area (Å²) in [5, 5.41) is 27.8. The molecular formula is C26H27F3N10O2. The van der Waals surface area contributed by atoms with E-state index in [2.05, 4.69) is 42.0 Å². The molecule has 1 fully saturated rings. The number of halogens is 3. The second kappa shape index (κ2) is 12.2. The molecule has 0 aliphatic heterocycles. The molecule has 4 aromatic rings. The van der Waals surface area contributed by atoms with Gasteiger partial charge in [-0.15, -0.1) is 10.2 Å². The van der Waals surface area contributed by atoms with E-state index in [9.17, 15) is 18.4 Å². The average Bonchev–Trinajstić information content (AvgIpc) is 3.62. The second-order valence-corrected chi connectivity index (χ2v) is 9.73. The van der Waals surface area contributed by atoms with Crippen LogP contribution in [0.25, 0.3) is 11.1 Å². The number of aromatic nitrogens is 8. The molecule has 0 bridgehead atoms. The third kappa shape index (κ3) is 7.27. The van der Waals surface area contributed by atoms with Crippen molar-refractivity contribution in [2.24, 2.45) is 0 Å². The number of benzene rings is 1. The third-order valence-electron chi connectivity index (χ3n) is 6.52. The highest BCUT2D eigenvalue weighted by Crippen LogP contribution is 2.34. The number of tetrazole rings is 1. The van der Waals surface area contributed by atoms with Crippen LogP contribution in [-0.4, -0.2) is 58.8 Å². The summed E-state index contributed by atoms with van der Waals surface area (Å²) in [7, 11) is 0. The van der Waals surface area contributed by atoms with Gasteiger partial charge in [0.25, 0.3) is 5.88 Å². The average molecular weight is 569 g/mol. The van der Waals surface area contributed by atoms with Gasteiger partial charge in [0.15, 0.2) is 6.61 Å². The predicted molar refractivity (Wildman–Crippen MR) is 139 cm³/mol. The van der Waals surface area contributed by atoms with Crippen molar-refractivity contribution in [3.05, 3.63) is 48.7 Å². The number of nitrogens with one attached hydrogen (secondary N) is 1. The molecule has 5 rings (SSSR count). The smallest absolute Gasteiger partial charge is 0.422 e. The number of ether oxygens (including phenoxy) is 2. The van der Waals surface area contributed by atoms with Gasteiger partial charge in [-0.25, -0.2) is 14.6 Å². The first-order chi connectivity index (χ1) is 19.8. The fourth-order valence-electron chi connectivity index (χ4n) is 4.59. The molecule has 0 saturated heterocycles. The van der Waals surface area contributed by atoms with Crippen molar-refractivity contribution in [3.63, 3.8) is 0 Å². The van der Waals surface area contributed by atoms with Crippen LogP contribution in [0, 0.1) is 11.3 Å². The lowest BCUT2D eigenvalue weighted by Gasteiger charge is -2.21. The fraction of sp³-hybridized carbons (Fsp3) is 0.423. The van der Waals surface area contributed by atoms with Crippen LogP contribution in [0.4, 0.5) is 24.8 Å². The Balaban J connectivity index is 1.32. The second-order valence-electron chi connectivity index (χ2n) is 9.73. The van der Waals surface area contributed by atoms with Crippen LogP contribution in [0.5, 0.6) is 11.6 Å². The van der Waals surface area contributed by atoms with Crippen LogP contribution in [0.15, 0.2) is 43.1 Å². The topological polar surface area (TPSA) is 141 Å². The lowest BCUT2D eigenvalue weighted by Crippen LogP contribution is -2.20. The summed E-state index contributed by atoms with van der Waals surface area (Å²) in [6.07, 6.45) is 6.42. The zero-order valence-corrected chi connectivity index (χ0v) is 22.1. The highest BCUT2D eigenvalue weighted by Gasteiger charge is 2.30. The maximum Gasteiger partial charge on any atom is 0.422 e. The molecule has 1 N–H and O–H groups in total. The number of alkyl halides is 3. The summed E-state index contributed by atoms with van der Waals surface area (Å²) < 4.78 is 52.8. The Morgan fingerprint density at radius 3 is 2.61 bits per heavy atom. The van der Waals surface area contributed by atoms with Crippen LogP contribution in [0.2, 0.25) is 0 Å². The van der Waals surface area contributed by atoms with Gasteiger partial charge in [0.2, 0.25) is 5.95 Å². The van der Waals surface area contributed by atoms with Crippen LogP contribution >= 0.6 is 0 Å². The van der Waals surface area contributed by atoms with Crippen LogP contribution in [0.1, 0.15) is 50.6 Å². The molecule has 0 amide bonds. The molecule has 15 heteroatoms. The van der Waals surface area contributed by atoms with E-state index in [1.807, 2.05) is 6.92 Å². The standard InChI is InChI=1S/C26H27F3N10O2/c1-17(13-38-16-33-36-37-38)41-23-9-18(7-8-19(23)10-30)20-11-31-25(32-12-20)34-22-14-39(21-5-3-2-4-6-21)35-24(22)40-15-26(27,28)29/h7-9,11-12,14,16-17,21H,2-6,13,15H2,1H3,(H,31,32,34)/t17-/m0/s1. The van der Waals surface area contributed by atoms with Crippen molar-refractivity contribution in [2.75, 3.05) is 11.9 Å². The Morgan fingerprint density at radius 1 is 1.15 bits per heavy atom. The normalized spacial score (nSPS) is 14.8. The lowest BCUT2D eigenvalue weighted by molar-refractivity contribution is -0.154. The Morgan fingerprint density at radius 2 is 1.93 bits per heavy atom. The van der Waals surface area contributed by atoms with Gasteiger partial charge < -0.3 is 14.8 Å². The molecule has 1 atom stereocenters. The molecule has 1 aliphatic rings. The fourth-order valence-corrected chi connectivity index (χ4v) is 4.59. The zero-order chi connectivity index (χ0) is 28.8. The van der Waals surface area contributed by atoms with Crippen LogP contribution in [0.3, 0.4) is 0 Å². The summed E-state index contributed by atoms with van der Waals surface area (Å²) in [6.45, 7) is 0.764. The molecule has 0 spiro atoms. The van der Waals surface area contributed by atoms with Crippen LogP contribution in [-0.2, 0) is 6.54 Å². The van der Waals surface area contributed by atoms with E-state index in [-0.39, 0.29) is 29.7 Å². The third-order valence-corrected chi connectivity index (χ3v) is 6.52. The van der Waals surface area contributed by atoms with Gasteiger partial charge in [0.05, 0.1) is 24.3 Å². The Kier molecular flexibility index (Phi) is 8.27. The Labute approximate surface area is 233 Å². The van der Waals surface area contributed by atoms with E-state index in [0.717, 1.165) is 32.1 Å². The van der Waals surface area contributed by atoms with Gasteiger partial charge in [0.1, 0.15) is 29.9 Å². The van der Waals surface area contributed by atoms with E-state index in [1.54, 1.807) is 41.5 Å². The van der Waals surface area contributed by atoms with E-state index in [4.69, 9.17) is 9.47 Å². The number of hydrogen-bond donors (Lipinski definition) is 1. The minimum Gasteiger partial charge on any atom is -0.487 e. The summed E-state index contributed by atoms with van der Waals surface area (Å²) >= 11 is 0. The van der Waals surface area contributed by atoms with Crippen molar-refractivity contribution in [1.29, 1.82) is 5.26 Å². The van der Waals surface area contributed by atoms with Crippen molar-refractivity contribution < 1.29 is 22.6 Å². The van der Waals surface area contributed by atoms with Gasteiger partial charge in [-0.2, -0.15) is 18.4 Å². The monoisotopic (exact) mass is 568 g/mol. The number of anilines is 2. The molecule has 3 aromatic heterocycles. The molecule has 0 unspecified atom stereocenters. The molecule has 0 radical (unpaired) electrons. The first-order valence-corrected chi connectivity index (χ1v) is 13.1. The molecule has 1 aliphatic carbocycles. The lowest BCUT2D eigenvalue weighted by atomic mass is 9.96. The summed E-state index contributed by atoms with van der Waals surface area (Å²) in [5.41, 5.74) is 1.96. The number of nitriles is 1. The van der Waals surface area contributed by atoms with Crippen molar-refractivity contribution in [3.8, 4) is 28.8 Å². The highest BCUT2D eigenvalue weighted by atomic mass is 19.4. The van der Waals surface area contributed by atoms with Gasteiger partial charge in [-0.05, 0) is 47.9 Å². The minimum atomic E-state index is -4.50. The first-order valence-electron chi connectivity index (χ1n) is 13.1. The summed E-state index contributed by atoms with van der Waals surface area (Å²) in [4.78, 5) is 8.67. The maximum absolute atomic E-state index is 12.9. The van der Waals surface area contributed by atoms with Gasteiger partial charge in [-0.3, -0.25) is 4.68 Å². The van der Waals surface area contributed by atoms with Crippen molar-refractivity contribution in [1.82, 2.24) is 40.0 Å². The highest BCUT2D eigenvalue weighted by molar-refractivity contribution is 5.67. The summed E-state index contributed by atoms with van der Waals surface area (Å²) in [5.74, 6) is 0.383. The molecule has 1 aromatic carbocycles. The maximum atomic E-state index is 12.9.